The number of nitrogens with one attached hydrogen (secondary N) is 1. The van der Waals surface area contributed by atoms with E-state index in [1.54, 1.807) is 13.8 Å². The van der Waals surface area contributed by atoms with Crippen molar-refractivity contribution in [2.45, 2.75) is 97.9 Å². The summed E-state index contributed by atoms with van der Waals surface area (Å²) in [5.74, 6) is 0.875. The molecule has 42 heavy (non-hydrogen) atoms. The average molecular weight is 585 g/mol. The van der Waals surface area contributed by atoms with E-state index in [-0.39, 0.29) is 25.2 Å². The van der Waals surface area contributed by atoms with E-state index in [0.717, 1.165) is 59.9 Å². The first-order valence-corrected chi connectivity index (χ1v) is 15.1. The molecule has 0 saturated carbocycles. The lowest BCUT2D eigenvalue weighted by molar-refractivity contribution is -0.144. The van der Waals surface area contributed by atoms with Crippen molar-refractivity contribution in [2.75, 3.05) is 36.6 Å². The number of carboxylic acids is 1. The zero-order chi connectivity index (χ0) is 30.7. The number of carbonyl (C=O) groups is 1. The van der Waals surface area contributed by atoms with E-state index in [1.165, 1.54) is 6.42 Å². The van der Waals surface area contributed by atoms with Gasteiger partial charge in [-0.1, -0.05) is 19.9 Å². The van der Waals surface area contributed by atoms with Gasteiger partial charge >= 0.3 is 5.97 Å². The van der Waals surface area contributed by atoms with Crippen molar-refractivity contribution in [3.8, 4) is 0 Å². The molecule has 3 aromatic rings. The summed E-state index contributed by atoms with van der Waals surface area (Å²) in [5, 5.41) is 26.6. The number of aryl methyl sites for hydroxylation is 1. The molecule has 1 aliphatic heterocycles. The number of rotatable bonds is 14. The lowest BCUT2D eigenvalue weighted by atomic mass is 9.99. The van der Waals surface area contributed by atoms with E-state index in [2.05, 4.69) is 20.3 Å². The van der Waals surface area contributed by atoms with Crippen molar-refractivity contribution in [1.29, 1.82) is 0 Å². The molecule has 0 aliphatic carbocycles. The number of piperidine rings is 1. The number of hydrogen-bond acceptors (Lipinski definition) is 9. The lowest BCUT2D eigenvalue weighted by Crippen LogP contribution is -2.40. The predicted octanol–water partition coefficient (Wildman–Crippen LogP) is 5.16. The van der Waals surface area contributed by atoms with Gasteiger partial charge in [0.05, 0.1) is 43.2 Å². The molecular weight excluding hydrogens is 536 g/mol. The van der Waals surface area contributed by atoms with Crippen LogP contribution in [-0.2, 0) is 20.8 Å². The summed E-state index contributed by atoms with van der Waals surface area (Å²) in [6.45, 7) is 13.8. The van der Waals surface area contributed by atoms with Crippen molar-refractivity contribution in [2.24, 2.45) is 0 Å². The third-order valence-electron chi connectivity index (χ3n) is 7.28. The number of pyridine rings is 1. The Hall–Kier alpha value is -3.28. The van der Waals surface area contributed by atoms with Gasteiger partial charge in [0.1, 0.15) is 11.6 Å². The van der Waals surface area contributed by atoms with E-state index in [1.807, 2.05) is 62.8 Å². The van der Waals surface area contributed by atoms with E-state index in [0.29, 0.717) is 19.8 Å². The Morgan fingerprint density at radius 1 is 1.21 bits per heavy atom. The van der Waals surface area contributed by atoms with Crippen LogP contribution in [0.25, 0.3) is 5.65 Å². The highest BCUT2D eigenvalue weighted by atomic mass is 16.5. The Balaban J connectivity index is 0.00000237. The Morgan fingerprint density at radius 2 is 2.00 bits per heavy atom. The molecule has 4 heterocycles. The van der Waals surface area contributed by atoms with E-state index in [9.17, 15) is 9.90 Å². The second-order valence-corrected chi connectivity index (χ2v) is 11.1. The maximum absolute atomic E-state index is 10.9. The number of carboxylic acid groups (broad SMARTS) is 1. The summed E-state index contributed by atoms with van der Waals surface area (Å²) >= 11 is 0. The number of aliphatic hydroxyl groups excluding tert-OH is 1. The first-order chi connectivity index (χ1) is 20.2. The van der Waals surface area contributed by atoms with E-state index in [4.69, 9.17) is 19.6 Å². The van der Waals surface area contributed by atoms with Crippen LogP contribution in [0.5, 0.6) is 0 Å². The highest BCUT2D eigenvalue weighted by Crippen LogP contribution is 2.29. The molecule has 2 atom stereocenters. The number of hydrogen-bond donors (Lipinski definition) is 3. The lowest BCUT2D eigenvalue weighted by Gasteiger charge is -2.36. The topological polar surface area (TPSA) is 134 Å². The molecular formula is C31H48N6O5. The monoisotopic (exact) mass is 584 g/mol. The normalized spacial score (nSPS) is 16.2. The Kier molecular flexibility index (Phi) is 12.5. The van der Waals surface area contributed by atoms with Crippen LogP contribution in [0.2, 0.25) is 0 Å². The van der Waals surface area contributed by atoms with E-state index >= 15 is 0 Å². The highest BCUT2D eigenvalue weighted by Gasteiger charge is 2.25. The summed E-state index contributed by atoms with van der Waals surface area (Å²) in [6.07, 6.45) is 7.47. The van der Waals surface area contributed by atoms with Gasteiger partial charge < -0.3 is 29.9 Å². The molecule has 1 saturated heterocycles. The van der Waals surface area contributed by atoms with Gasteiger partial charge in [-0.25, -0.2) is 4.98 Å². The molecule has 3 N–H and O–H groups in total. The fourth-order valence-electron chi connectivity index (χ4n) is 5.10. The van der Waals surface area contributed by atoms with Crippen LogP contribution < -0.4 is 10.2 Å². The molecule has 0 spiro atoms. The number of ether oxygens (including phenoxy) is 2. The van der Waals surface area contributed by atoms with Gasteiger partial charge in [-0.3, -0.25) is 9.78 Å². The molecule has 11 heteroatoms. The summed E-state index contributed by atoms with van der Waals surface area (Å²) < 4.78 is 13.3. The number of fused-ring (bicyclic) bond motifs is 1. The molecule has 0 amide bonds. The number of aliphatic carboxylic acids is 1. The molecule has 3 aromatic heterocycles. The van der Waals surface area contributed by atoms with Gasteiger partial charge in [0, 0.05) is 43.6 Å². The molecule has 0 bridgehead atoms. The van der Waals surface area contributed by atoms with Crippen molar-refractivity contribution in [3.63, 3.8) is 0 Å². The fraction of sp³-hybridized carbons (Fsp3) is 0.613. The fourth-order valence-corrected chi connectivity index (χ4v) is 5.10. The zero-order valence-corrected chi connectivity index (χ0v) is 26.0. The summed E-state index contributed by atoms with van der Waals surface area (Å²) in [7, 11) is 0. The van der Waals surface area contributed by atoms with Crippen LogP contribution in [0.3, 0.4) is 0 Å². The van der Waals surface area contributed by atoms with Gasteiger partial charge in [-0.2, -0.15) is 9.61 Å². The molecule has 0 radical (unpaired) electrons. The number of anilines is 2. The van der Waals surface area contributed by atoms with Crippen LogP contribution in [0.4, 0.5) is 11.6 Å². The van der Waals surface area contributed by atoms with Crippen LogP contribution in [0, 0.1) is 6.92 Å². The minimum atomic E-state index is -0.889. The van der Waals surface area contributed by atoms with Crippen LogP contribution in [0.1, 0.15) is 89.6 Å². The molecule has 11 nitrogen and oxygen atoms in total. The molecule has 1 aliphatic rings. The van der Waals surface area contributed by atoms with Gasteiger partial charge in [0.25, 0.3) is 0 Å². The van der Waals surface area contributed by atoms with Gasteiger partial charge in [0.15, 0.2) is 5.65 Å². The summed E-state index contributed by atoms with van der Waals surface area (Å²) in [5.41, 5.74) is 2.92. The summed E-state index contributed by atoms with van der Waals surface area (Å²) in [6, 6.07) is 6.31. The first kappa shape index (κ1) is 33.2. The second kappa shape index (κ2) is 15.8. The standard InChI is InChI=1S/C29H42N6O5.C2H6/c1-20-17-32-35-25(15-26(33-28(20)35)34-11-6-5-7-23(34)10-12-36)31-19-22-8-9-24(30-18-22)21(2)39-13-14-40-29(3,4)16-27(37)38;1-2/h8-9,15,17-18,21,23,31,36H,5-7,10-14,16,19H2,1-4H3,(H,37,38);1-2H3. The zero-order valence-electron chi connectivity index (χ0n) is 26.0. The Labute approximate surface area is 249 Å². The molecule has 0 aromatic carbocycles. The first-order valence-electron chi connectivity index (χ1n) is 15.1. The van der Waals surface area contributed by atoms with Crippen LogP contribution in [-0.4, -0.2) is 73.8 Å². The highest BCUT2D eigenvalue weighted by molar-refractivity contribution is 5.68. The van der Waals surface area contributed by atoms with Crippen molar-refractivity contribution in [3.05, 3.63) is 47.4 Å². The average Bonchev–Trinajstić information content (AvgIpc) is 3.35. The van der Waals surface area contributed by atoms with Crippen molar-refractivity contribution >= 4 is 23.3 Å². The summed E-state index contributed by atoms with van der Waals surface area (Å²) in [4.78, 5) is 22.8. The third-order valence-corrected chi connectivity index (χ3v) is 7.28. The van der Waals surface area contributed by atoms with Crippen LogP contribution in [0.15, 0.2) is 30.6 Å². The number of aliphatic hydroxyl groups is 1. The van der Waals surface area contributed by atoms with Gasteiger partial charge in [0.2, 0.25) is 0 Å². The SMILES string of the molecule is CC.Cc1cnn2c(NCc3ccc(C(C)OCCOC(C)(C)CC(=O)O)nc3)cc(N3CCCCC3CCO)nc12. The third kappa shape index (κ3) is 9.11. The number of aromatic nitrogens is 4. The largest absolute Gasteiger partial charge is 0.481 e. The van der Waals surface area contributed by atoms with Crippen LogP contribution >= 0.6 is 0 Å². The minimum Gasteiger partial charge on any atom is -0.481 e. The molecule has 1 fully saturated rings. The quantitative estimate of drug-likeness (QED) is 0.218. The van der Waals surface area contributed by atoms with Gasteiger partial charge in [-0.15, -0.1) is 0 Å². The number of nitrogens with zero attached hydrogens (tertiary/aromatic N) is 5. The Morgan fingerprint density at radius 3 is 2.69 bits per heavy atom. The maximum atomic E-state index is 10.9. The maximum Gasteiger partial charge on any atom is 0.306 e. The predicted molar refractivity (Wildman–Crippen MR) is 164 cm³/mol. The van der Waals surface area contributed by atoms with Crippen molar-refractivity contribution < 1.29 is 24.5 Å². The molecule has 2 unspecified atom stereocenters. The Bertz CT molecular complexity index is 1260. The molecule has 4 rings (SSSR count). The van der Waals surface area contributed by atoms with Gasteiger partial charge in [-0.05, 0) is 65.0 Å². The minimum absolute atomic E-state index is 0.0611. The van der Waals surface area contributed by atoms with E-state index < -0.39 is 11.6 Å². The second-order valence-electron chi connectivity index (χ2n) is 11.1. The van der Waals surface area contributed by atoms with Crippen molar-refractivity contribution in [1.82, 2.24) is 19.6 Å². The molecule has 232 valence electrons. The smallest absolute Gasteiger partial charge is 0.306 e.